The normalized spacial score (nSPS) is 9.70. The standard InChI is InChI=1S/C18H15O3P.C3H6O2/c1-4-10-16(11-5-1)19-22(20-17-12-6-2-7-13-17)21-18-14-8-3-9-15-18;1-2-3(4)5/h1-15H;2H2,1H3,(H,4,5). The molecule has 5 nitrogen and oxygen atoms in total. The molecule has 0 amide bonds. The van der Waals surface area contributed by atoms with Crippen LogP contribution < -0.4 is 13.6 Å². The number of hydrogen-bond donors (Lipinski definition) is 1. The molecule has 0 saturated heterocycles. The molecule has 0 aliphatic heterocycles. The van der Waals surface area contributed by atoms with Gasteiger partial charge in [0.15, 0.2) is 0 Å². The van der Waals surface area contributed by atoms with E-state index in [0.29, 0.717) is 17.2 Å². The minimum absolute atomic E-state index is 0.222. The number of para-hydroxylation sites is 3. The van der Waals surface area contributed by atoms with Crippen LogP contribution in [0, 0.1) is 0 Å². The second-order valence-electron chi connectivity index (χ2n) is 5.18. The van der Waals surface area contributed by atoms with Crippen LogP contribution in [-0.4, -0.2) is 11.1 Å². The van der Waals surface area contributed by atoms with Crippen LogP contribution >= 0.6 is 8.60 Å². The van der Waals surface area contributed by atoms with Gasteiger partial charge < -0.3 is 18.7 Å². The molecule has 0 heterocycles. The van der Waals surface area contributed by atoms with E-state index in [9.17, 15) is 4.79 Å². The summed E-state index contributed by atoms with van der Waals surface area (Å²) in [6, 6.07) is 28.5. The maximum atomic E-state index is 9.37. The van der Waals surface area contributed by atoms with Crippen molar-refractivity contribution in [2.45, 2.75) is 13.3 Å². The Morgan fingerprint density at radius 2 is 0.963 bits per heavy atom. The molecule has 1 N–H and O–H groups in total. The number of aliphatic carboxylic acids is 1. The predicted molar refractivity (Wildman–Crippen MR) is 106 cm³/mol. The third-order valence-corrected chi connectivity index (χ3v) is 4.15. The second-order valence-corrected chi connectivity index (χ2v) is 6.18. The first-order valence-corrected chi connectivity index (χ1v) is 9.48. The number of carboxylic acids is 1. The van der Waals surface area contributed by atoms with Gasteiger partial charge in [-0.25, -0.2) is 0 Å². The van der Waals surface area contributed by atoms with Crippen molar-refractivity contribution < 1.29 is 23.5 Å². The molecule has 3 aromatic rings. The summed E-state index contributed by atoms with van der Waals surface area (Å²) in [6.45, 7) is 1.60. The quantitative estimate of drug-likeness (QED) is 0.511. The van der Waals surface area contributed by atoms with Crippen molar-refractivity contribution in [2.75, 3.05) is 0 Å². The minimum Gasteiger partial charge on any atom is -0.481 e. The van der Waals surface area contributed by atoms with E-state index in [1.54, 1.807) is 6.92 Å². The van der Waals surface area contributed by atoms with E-state index >= 15 is 0 Å². The fourth-order valence-electron chi connectivity index (χ4n) is 1.76. The second kappa shape index (κ2) is 11.6. The lowest BCUT2D eigenvalue weighted by Crippen LogP contribution is -2.02. The third kappa shape index (κ3) is 8.25. The van der Waals surface area contributed by atoms with E-state index in [-0.39, 0.29) is 6.42 Å². The Kier molecular flexibility index (Phi) is 8.67. The summed E-state index contributed by atoms with van der Waals surface area (Å²) in [7, 11) is -1.59. The van der Waals surface area contributed by atoms with E-state index in [4.69, 9.17) is 18.7 Å². The number of benzene rings is 3. The highest BCUT2D eigenvalue weighted by molar-refractivity contribution is 7.43. The van der Waals surface area contributed by atoms with Crippen LogP contribution in [0.25, 0.3) is 0 Å². The van der Waals surface area contributed by atoms with E-state index in [1.165, 1.54) is 0 Å². The summed E-state index contributed by atoms with van der Waals surface area (Å²) in [4.78, 5) is 9.37. The molecule has 3 aromatic carbocycles. The van der Waals surface area contributed by atoms with Gasteiger partial charge in [0.25, 0.3) is 0 Å². The number of hydrogen-bond acceptors (Lipinski definition) is 4. The molecule has 0 aliphatic carbocycles. The first-order valence-electron chi connectivity index (χ1n) is 8.38. The van der Waals surface area contributed by atoms with Crippen molar-refractivity contribution in [1.29, 1.82) is 0 Å². The number of carboxylic acid groups (broad SMARTS) is 1. The van der Waals surface area contributed by atoms with E-state index in [0.717, 1.165) is 0 Å². The number of carbonyl (C=O) groups is 1. The maximum absolute atomic E-state index is 9.37. The Morgan fingerprint density at radius 3 is 1.19 bits per heavy atom. The molecule has 0 aliphatic rings. The first kappa shape index (κ1) is 20.3. The van der Waals surface area contributed by atoms with Crippen molar-refractivity contribution in [3.8, 4) is 17.2 Å². The van der Waals surface area contributed by atoms with Gasteiger partial charge in [-0.05, 0) is 36.4 Å². The van der Waals surface area contributed by atoms with Crippen LogP contribution in [0.2, 0.25) is 0 Å². The van der Waals surface area contributed by atoms with Gasteiger partial charge in [0.2, 0.25) is 0 Å². The average Bonchev–Trinajstić information content (AvgIpc) is 2.71. The maximum Gasteiger partial charge on any atom is 0.530 e. The predicted octanol–water partition coefficient (Wildman–Crippen LogP) is 5.93. The van der Waals surface area contributed by atoms with Crippen molar-refractivity contribution in [2.24, 2.45) is 0 Å². The van der Waals surface area contributed by atoms with Crippen LogP contribution in [0.15, 0.2) is 91.0 Å². The van der Waals surface area contributed by atoms with Crippen LogP contribution in [0.1, 0.15) is 13.3 Å². The monoisotopic (exact) mass is 384 g/mol. The molecule has 0 aromatic heterocycles. The lowest BCUT2D eigenvalue weighted by molar-refractivity contribution is -0.136. The summed E-state index contributed by atoms with van der Waals surface area (Å²) in [5.41, 5.74) is 0. The van der Waals surface area contributed by atoms with Gasteiger partial charge >= 0.3 is 14.6 Å². The highest BCUT2D eigenvalue weighted by atomic mass is 31.2. The van der Waals surface area contributed by atoms with Crippen molar-refractivity contribution in [3.05, 3.63) is 91.0 Å². The molecule has 6 heteroatoms. The van der Waals surface area contributed by atoms with Gasteiger partial charge in [0, 0.05) is 6.42 Å². The van der Waals surface area contributed by atoms with Gasteiger partial charge in [-0.15, -0.1) is 0 Å². The lowest BCUT2D eigenvalue weighted by Gasteiger charge is -2.17. The summed E-state index contributed by atoms with van der Waals surface area (Å²) in [5, 5.41) is 7.72. The van der Waals surface area contributed by atoms with Crippen LogP contribution in [0.5, 0.6) is 17.2 Å². The summed E-state index contributed by atoms with van der Waals surface area (Å²) in [5.74, 6) is 1.38. The largest absolute Gasteiger partial charge is 0.530 e. The minimum atomic E-state index is -1.59. The molecule has 3 rings (SSSR count). The Hall–Kier alpha value is -3.04. The summed E-state index contributed by atoms with van der Waals surface area (Å²) in [6.07, 6.45) is 0.222. The van der Waals surface area contributed by atoms with Gasteiger partial charge in [-0.1, -0.05) is 61.5 Å². The van der Waals surface area contributed by atoms with Crippen molar-refractivity contribution in [1.82, 2.24) is 0 Å². The summed E-state index contributed by atoms with van der Waals surface area (Å²) >= 11 is 0. The average molecular weight is 384 g/mol. The molecule has 0 saturated carbocycles. The number of rotatable bonds is 7. The zero-order chi connectivity index (χ0) is 19.3. The van der Waals surface area contributed by atoms with Gasteiger partial charge in [-0.2, -0.15) is 0 Å². The molecule has 0 unspecified atom stereocenters. The smallest absolute Gasteiger partial charge is 0.481 e. The Balaban J connectivity index is 0.000000465. The Bertz CT molecular complexity index is 683. The van der Waals surface area contributed by atoms with E-state index in [1.807, 2.05) is 91.0 Å². The topological polar surface area (TPSA) is 65.0 Å². The van der Waals surface area contributed by atoms with E-state index < -0.39 is 14.6 Å². The highest BCUT2D eigenvalue weighted by Crippen LogP contribution is 2.41. The van der Waals surface area contributed by atoms with E-state index in [2.05, 4.69) is 0 Å². The molecule has 140 valence electrons. The molecular formula is C21H21O5P. The van der Waals surface area contributed by atoms with Crippen LogP contribution in [0.3, 0.4) is 0 Å². The lowest BCUT2D eigenvalue weighted by atomic mass is 10.3. The molecule has 0 radical (unpaired) electrons. The van der Waals surface area contributed by atoms with Crippen LogP contribution in [0.4, 0.5) is 0 Å². The molecule has 0 atom stereocenters. The molecule has 0 bridgehead atoms. The van der Waals surface area contributed by atoms with Crippen LogP contribution in [-0.2, 0) is 4.79 Å². The third-order valence-electron chi connectivity index (χ3n) is 3.07. The first-order chi connectivity index (χ1) is 13.2. The fraction of sp³-hybridized carbons (Fsp3) is 0.0952. The zero-order valence-electron chi connectivity index (χ0n) is 14.9. The van der Waals surface area contributed by atoms with Gasteiger partial charge in [0.1, 0.15) is 17.2 Å². The molecular weight excluding hydrogens is 363 g/mol. The highest BCUT2D eigenvalue weighted by Gasteiger charge is 2.19. The fourth-order valence-corrected chi connectivity index (χ4v) is 2.75. The zero-order valence-corrected chi connectivity index (χ0v) is 15.8. The van der Waals surface area contributed by atoms with Gasteiger partial charge in [0.05, 0.1) is 0 Å². The van der Waals surface area contributed by atoms with Gasteiger partial charge in [-0.3, -0.25) is 4.79 Å². The Labute approximate surface area is 160 Å². The van der Waals surface area contributed by atoms with Crippen molar-refractivity contribution >= 4 is 14.6 Å². The molecule has 0 spiro atoms. The van der Waals surface area contributed by atoms with Crippen molar-refractivity contribution in [3.63, 3.8) is 0 Å². The Morgan fingerprint density at radius 1 is 0.704 bits per heavy atom. The molecule has 0 fully saturated rings. The SMILES string of the molecule is CCC(=O)O.c1ccc(OP(Oc2ccccc2)Oc2ccccc2)cc1. The molecule has 27 heavy (non-hydrogen) atoms. The summed E-state index contributed by atoms with van der Waals surface area (Å²) < 4.78 is 17.5.